The fourth-order valence-electron chi connectivity index (χ4n) is 2.14. The Labute approximate surface area is 145 Å². The predicted octanol–water partition coefficient (Wildman–Crippen LogP) is 3.34. The molecule has 1 heterocycles. The Hall–Kier alpha value is -1.34. The highest BCUT2D eigenvalue weighted by Crippen LogP contribution is 2.35. The molecule has 0 bridgehead atoms. The van der Waals surface area contributed by atoms with Crippen LogP contribution in [0.25, 0.3) is 0 Å². The average molecular weight is 355 g/mol. The Bertz CT molecular complexity index is 520. The maximum absolute atomic E-state index is 12.5. The summed E-state index contributed by atoms with van der Waals surface area (Å²) in [6, 6.07) is 8.81. The van der Waals surface area contributed by atoms with Crippen LogP contribution in [-0.2, 0) is 20.9 Å². The summed E-state index contributed by atoms with van der Waals surface area (Å²) >= 11 is 3.32. The quantitative estimate of drug-likeness (QED) is 0.755. The third-order valence-electron chi connectivity index (χ3n) is 3.41. The van der Waals surface area contributed by atoms with Crippen LogP contribution < -0.4 is 0 Å². The summed E-state index contributed by atoms with van der Waals surface area (Å²) in [5.74, 6) is 1.50. The van der Waals surface area contributed by atoms with Crippen molar-refractivity contribution in [2.24, 2.45) is 0 Å². The molecular weight excluding hydrogens is 334 g/mol. The van der Waals surface area contributed by atoms with E-state index in [2.05, 4.69) is 0 Å². The van der Waals surface area contributed by atoms with Crippen LogP contribution >= 0.6 is 23.5 Å². The van der Waals surface area contributed by atoms with Gasteiger partial charge in [0, 0.05) is 0 Å². The summed E-state index contributed by atoms with van der Waals surface area (Å²) in [7, 11) is 1.33. The van der Waals surface area contributed by atoms with Gasteiger partial charge in [-0.25, -0.2) is 9.59 Å². The van der Waals surface area contributed by atoms with Crippen LogP contribution in [0.5, 0.6) is 0 Å². The number of hydrogen-bond acceptors (Lipinski definition) is 6. The van der Waals surface area contributed by atoms with Crippen molar-refractivity contribution in [3.63, 3.8) is 0 Å². The third-order valence-corrected chi connectivity index (χ3v) is 6.30. The van der Waals surface area contributed by atoms with Crippen LogP contribution in [0.2, 0.25) is 0 Å². The highest BCUT2D eigenvalue weighted by molar-refractivity contribution is 8.17. The molecule has 1 aromatic carbocycles. The van der Waals surface area contributed by atoms with Gasteiger partial charge in [-0.1, -0.05) is 30.3 Å². The van der Waals surface area contributed by atoms with E-state index in [9.17, 15) is 9.59 Å². The van der Waals surface area contributed by atoms with E-state index in [0.29, 0.717) is 0 Å². The standard InChI is InChI=1S/C16H21NO4S2/c1-12(14(18)20-2)17(16-22-9-6-10-23-16)15(19)21-11-13-7-4-3-5-8-13/h3-5,7-8,12,16H,6,9-11H2,1-2H3/t12-/m0/s1. The molecule has 1 saturated heterocycles. The number of carbonyl (C=O) groups is 2. The van der Waals surface area contributed by atoms with Crippen LogP contribution in [0.1, 0.15) is 18.9 Å². The summed E-state index contributed by atoms with van der Waals surface area (Å²) in [5, 5.41) is 0. The van der Waals surface area contributed by atoms with Gasteiger partial charge in [-0.15, -0.1) is 23.5 Å². The van der Waals surface area contributed by atoms with Gasteiger partial charge >= 0.3 is 12.1 Å². The highest BCUT2D eigenvalue weighted by Gasteiger charge is 2.35. The maximum Gasteiger partial charge on any atom is 0.412 e. The van der Waals surface area contributed by atoms with Crippen molar-refractivity contribution < 1.29 is 19.1 Å². The van der Waals surface area contributed by atoms with Crippen LogP contribution in [0, 0.1) is 0 Å². The van der Waals surface area contributed by atoms with E-state index < -0.39 is 18.1 Å². The molecule has 0 spiro atoms. The monoisotopic (exact) mass is 355 g/mol. The fraction of sp³-hybridized carbons (Fsp3) is 0.500. The molecule has 5 nitrogen and oxygen atoms in total. The lowest BCUT2D eigenvalue weighted by molar-refractivity contribution is -0.145. The van der Waals surface area contributed by atoms with Crippen LogP contribution in [-0.4, -0.2) is 46.3 Å². The van der Waals surface area contributed by atoms with E-state index >= 15 is 0 Å². The third kappa shape index (κ3) is 5.07. The molecule has 1 atom stereocenters. The lowest BCUT2D eigenvalue weighted by atomic mass is 10.2. The molecule has 0 saturated carbocycles. The summed E-state index contributed by atoms with van der Waals surface area (Å²) in [4.78, 5) is 25.9. The van der Waals surface area contributed by atoms with E-state index in [1.54, 1.807) is 30.4 Å². The molecule has 1 aromatic rings. The van der Waals surface area contributed by atoms with Crippen LogP contribution in [0.4, 0.5) is 4.79 Å². The molecule has 7 heteroatoms. The summed E-state index contributed by atoms with van der Waals surface area (Å²) in [5.41, 5.74) is 0.912. The molecule has 1 aliphatic rings. The van der Waals surface area contributed by atoms with Crippen molar-refractivity contribution in [3.05, 3.63) is 35.9 Å². The average Bonchev–Trinajstić information content (AvgIpc) is 2.61. The first-order valence-electron chi connectivity index (χ1n) is 7.43. The van der Waals surface area contributed by atoms with Crippen molar-refractivity contribution in [2.75, 3.05) is 18.6 Å². The number of carbonyl (C=O) groups excluding carboxylic acids is 2. The second-order valence-electron chi connectivity index (χ2n) is 5.05. The summed E-state index contributed by atoms with van der Waals surface area (Å²) in [6.45, 7) is 1.86. The van der Waals surface area contributed by atoms with Crippen molar-refractivity contribution in [2.45, 2.75) is 30.7 Å². The Morgan fingerprint density at radius 1 is 1.26 bits per heavy atom. The number of ether oxygens (including phenoxy) is 2. The maximum atomic E-state index is 12.5. The molecule has 1 amide bonds. The lowest BCUT2D eigenvalue weighted by Crippen LogP contribution is -2.48. The molecular formula is C16H21NO4S2. The SMILES string of the molecule is COC(=O)[C@H](C)N(C(=O)OCc1ccccc1)C1SCCCS1. The molecule has 0 N–H and O–H groups in total. The normalized spacial score (nSPS) is 16.4. The van der Waals surface area contributed by atoms with Gasteiger partial charge in [-0.05, 0) is 30.4 Å². The van der Waals surface area contributed by atoms with Crippen molar-refractivity contribution in [3.8, 4) is 0 Å². The molecule has 2 rings (SSSR count). The van der Waals surface area contributed by atoms with Gasteiger partial charge in [-0.2, -0.15) is 0 Å². The molecule has 0 radical (unpaired) electrons. The minimum Gasteiger partial charge on any atom is -0.467 e. The zero-order valence-corrected chi connectivity index (χ0v) is 14.9. The van der Waals surface area contributed by atoms with Crippen molar-refractivity contribution in [1.82, 2.24) is 4.90 Å². The minimum absolute atomic E-state index is 0.124. The molecule has 0 aliphatic carbocycles. The smallest absolute Gasteiger partial charge is 0.412 e. The first kappa shape index (κ1) is 18.0. The van der Waals surface area contributed by atoms with Crippen LogP contribution in [0.15, 0.2) is 30.3 Å². The number of esters is 1. The first-order chi connectivity index (χ1) is 11.1. The van der Waals surface area contributed by atoms with E-state index in [4.69, 9.17) is 9.47 Å². The Kier molecular flexibility index (Phi) is 7.11. The summed E-state index contributed by atoms with van der Waals surface area (Å²) < 4.78 is 10.1. The van der Waals surface area contributed by atoms with Gasteiger partial charge in [0.15, 0.2) is 0 Å². The van der Waals surface area contributed by atoms with E-state index in [-0.39, 0.29) is 11.3 Å². The van der Waals surface area contributed by atoms with Gasteiger partial charge in [0.25, 0.3) is 0 Å². The zero-order chi connectivity index (χ0) is 16.7. The number of methoxy groups -OCH3 is 1. The van der Waals surface area contributed by atoms with Gasteiger partial charge in [-0.3, -0.25) is 4.90 Å². The van der Waals surface area contributed by atoms with Gasteiger partial charge in [0.2, 0.25) is 0 Å². The Morgan fingerprint density at radius 2 is 1.91 bits per heavy atom. The Morgan fingerprint density at radius 3 is 2.52 bits per heavy atom. The second-order valence-corrected chi connectivity index (χ2v) is 7.72. The van der Waals surface area contributed by atoms with Crippen molar-refractivity contribution >= 4 is 35.6 Å². The van der Waals surface area contributed by atoms with Gasteiger partial charge < -0.3 is 9.47 Å². The minimum atomic E-state index is -0.675. The number of benzene rings is 1. The first-order valence-corrected chi connectivity index (χ1v) is 9.53. The molecule has 0 aromatic heterocycles. The second kappa shape index (κ2) is 9.08. The molecule has 1 aliphatic heterocycles. The highest BCUT2D eigenvalue weighted by atomic mass is 32.2. The molecule has 1 fully saturated rings. The van der Waals surface area contributed by atoms with Crippen LogP contribution in [0.3, 0.4) is 0 Å². The largest absolute Gasteiger partial charge is 0.467 e. The molecule has 0 unspecified atom stereocenters. The van der Waals surface area contributed by atoms with Gasteiger partial charge in [0.1, 0.15) is 17.4 Å². The van der Waals surface area contributed by atoms with E-state index in [1.807, 2.05) is 30.3 Å². The number of rotatable bonds is 5. The number of thioether (sulfide) groups is 2. The molecule has 23 heavy (non-hydrogen) atoms. The lowest BCUT2D eigenvalue weighted by Gasteiger charge is -2.35. The fourth-order valence-corrected chi connectivity index (χ4v) is 5.17. The summed E-state index contributed by atoms with van der Waals surface area (Å²) in [6.07, 6.45) is 0.615. The Balaban J connectivity index is 2.05. The van der Waals surface area contributed by atoms with E-state index in [0.717, 1.165) is 23.5 Å². The zero-order valence-electron chi connectivity index (χ0n) is 13.3. The number of nitrogens with zero attached hydrogens (tertiary/aromatic N) is 1. The molecule has 126 valence electrons. The van der Waals surface area contributed by atoms with Gasteiger partial charge in [0.05, 0.1) is 7.11 Å². The van der Waals surface area contributed by atoms with Crippen molar-refractivity contribution in [1.29, 1.82) is 0 Å². The predicted molar refractivity (Wildman–Crippen MR) is 93.3 cm³/mol. The van der Waals surface area contributed by atoms with E-state index in [1.165, 1.54) is 12.0 Å². The number of hydrogen-bond donors (Lipinski definition) is 0. The number of amides is 1. The topological polar surface area (TPSA) is 55.8 Å².